The number of alkyl halides is 3. The number of carbonyl (C=O) groups excluding carboxylic acids is 1. The monoisotopic (exact) mass is 276 g/mol. The summed E-state index contributed by atoms with van der Waals surface area (Å²) in [5.41, 5.74) is 0.113. The Kier molecular flexibility index (Phi) is 4.07. The van der Waals surface area contributed by atoms with Crippen molar-refractivity contribution in [1.82, 2.24) is 0 Å². The molecule has 0 aromatic carbocycles. The van der Waals surface area contributed by atoms with Crippen molar-refractivity contribution in [3.8, 4) is 0 Å². The second kappa shape index (κ2) is 4.71. The fourth-order valence-electron chi connectivity index (χ4n) is 0.874. The number of ketones is 1. The standard InChI is InChI=1S/C7H6Cl4NO2/c1-14-7-3(9)5(13)2(8)4(12-7)6(10)11/h3,6,10H,1H3/q+1. The van der Waals surface area contributed by atoms with Crippen molar-refractivity contribution in [3.05, 3.63) is 10.7 Å². The highest BCUT2D eigenvalue weighted by atomic mass is 35.5. The molecule has 0 amide bonds. The van der Waals surface area contributed by atoms with Crippen LogP contribution in [0.4, 0.5) is 0 Å². The van der Waals surface area contributed by atoms with Crippen LogP contribution in [0.3, 0.4) is 0 Å². The SMILES string of the molecule is COC1=NC(C(Cl)[ClH+])=C(Cl)C(=O)C1Cl. The van der Waals surface area contributed by atoms with Crippen LogP contribution in [0, 0.1) is 11.6 Å². The molecule has 0 N–H and O–H groups in total. The first kappa shape index (κ1) is 12.1. The van der Waals surface area contributed by atoms with Crippen molar-refractivity contribution in [2.24, 2.45) is 4.99 Å². The van der Waals surface area contributed by atoms with Gasteiger partial charge in [-0.2, -0.15) is 0 Å². The van der Waals surface area contributed by atoms with Gasteiger partial charge in [-0.25, -0.2) is 4.99 Å². The molecule has 1 aliphatic rings. The van der Waals surface area contributed by atoms with Crippen LogP contribution in [0.15, 0.2) is 15.7 Å². The van der Waals surface area contributed by atoms with Gasteiger partial charge in [0.25, 0.3) is 4.84 Å². The Bertz CT molecular complexity index is 324. The Morgan fingerprint density at radius 2 is 2.21 bits per heavy atom. The maximum Gasteiger partial charge on any atom is 0.295 e. The summed E-state index contributed by atoms with van der Waals surface area (Å²) in [6.45, 7) is 0. The number of nitrogens with zero attached hydrogens (tertiary/aromatic N) is 1. The Morgan fingerprint density at radius 3 is 2.64 bits per heavy atom. The second-order valence-corrected chi connectivity index (χ2v) is 4.38. The molecule has 0 saturated carbocycles. The number of ether oxygens (including phenoxy) is 1. The summed E-state index contributed by atoms with van der Waals surface area (Å²) < 4.78 is 4.80. The van der Waals surface area contributed by atoms with Gasteiger partial charge < -0.3 is 4.74 Å². The summed E-state index contributed by atoms with van der Waals surface area (Å²) in [6, 6.07) is 0. The third kappa shape index (κ3) is 2.16. The minimum Gasteiger partial charge on any atom is -0.483 e. The molecule has 0 bridgehead atoms. The molecule has 0 spiro atoms. The molecule has 0 aliphatic carbocycles. The molecule has 0 radical (unpaired) electrons. The quantitative estimate of drug-likeness (QED) is 0.682. The van der Waals surface area contributed by atoms with Gasteiger partial charge in [0.05, 0.1) is 7.11 Å². The molecule has 3 nitrogen and oxygen atoms in total. The van der Waals surface area contributed by atoms with Gasteiger partial charge in [-0.15, -0.1) is 11.6 Å². The van der Waals surface area contributed by atoms with Gasteiger partial charge in [0.15, 0.2) is 5.38 Å². The van der Waals surface area contributed by atoms with E-state index in [0.29, 0.717) is 0 Å². The van der Waals surface area contributed by atoms with Crippen LogP contribution >= 0.6 is 34.8 Å². The van der Waals surface area contributed by atoms with Gasteiger partial charge in [0.1, 0.15) is 22.3 Å². The average Bonchev–Trinajstić information content (AvgIpc) is 2.14. The summed E-state index contributed by atoms with van der Waals surface area (Å²) in [7, 11) is 1.35. The largest absolute Gasteiger partial charge is 0.483 e. The first-order valence-electron chi connectivity index (χ1n) is 3.49. The van der Waals surface area contributed by atoms with E-state index < -0.39 is 16.0 Å². The number of rotatable bonds is 1. The zero-order chi connectivity index (χ0) is 10.9. The fraction of sp³-hybridized carbons (Fsp3) is 0.429. The lowest BCUT2D eigenvalue weighted by Crippen LogP contribution is -2.31. The van der Waals surface area contributed by atoms with Crippen LogP contribution < -0.4 is 0 Å². The van der Waals surface area contributed by atoms with E-state index in [4.69, 9.17) is 51.1 Å². The lowest BCUT2D eigenvalue weighted by atomic mass is 10.2. The lowest BCUT2D eigenvalue weighted by molar-refractivity contribution is -0.377. The van der Waals surface area contributed by atoms with Gasteiger partial charge in [0.2, 0.25) is 11.7 Å². The Labute approximate surface area is 101 Å². The van der Waals surface area contributed by atoms with Crippen LogP contribution in [0.25, 0.3) is 0 Å². The number of hydrogen-bond acceptors (Lipinski definition) is 3. The molecule has 0 fully saturated rings. The second-order valence-electron chi connectivity index (χ2n) is 2.40. The number of aliphatic imine (C=N–C) groups is 1. The van der Waals surface area contributed by atoms with Gasteiger partial charge in [-0.3, -0.25) is 4.79 Å². The lowest BCUT2D eigenvalue weighted by Gasteiger charge is -2.16. The number of hydrogen-bond donors (Lipinski definition) is 0. The normalized spacial score (nSPS) is 24.8. The molecule has 2 unspecified atom stereocenters. The van der Waals surface area contributed by atoms with Gasteiger partial charge in [0, 0.05) is 0 Å². The third-order valence-corrected chi connectivity index (χ3v) is 2.74. The number of Topliss-reactive ketones (excluding diaryl/α,β-unsaturated/α-hetero) is 1. The van der Waals surface area contributed by atoms with Crippen molar-refractivity contribution in [3.63, 3.8) is 0 Å². The third-order valence-electron chi connectivity index (χ3n) is 1.54. The minimum absolute atomic E-state index is 0.0616. The zero-order valence-electron chi connectivity index (χ0n) is 6.96. The van der Waals surface area contributed by atoms with E-state index in [1.165, 1.54) is 7.11 Å². The molecule has 0 aromatic heterocycles. The molecule has 0 aromatic rings. The van der Waals surface area contributed by atoms with Crippen LogP contribution in [0.1, 0.15) is 0 Å². The summed E-state index contributed by atoms with van der Waals surface area (Å²) in [5, 5.41) is -1.12. The molecule has 1 aliphatic heterocycles. The fourth-order valence-corrected chi connectivity index (χ4v) is 1.89. The molecule has 2 atom stereocenters. The van der Waals surface area contributed by atoms with E-state index in [9.17, 15) is 4.79 Å². The van der Waals surface area contributed by atoms with Crippen LogP contribution in [-0.4, -0.2) is 29.0 Å². The van der Waals surface area contributed by atoms with E-state index >= 15 is 0 Å². The summed E-state index contributed by atoms with van der Waals surface area (Å²) >= 11 is 21.7. The van der Waals surface area contributed by atoms with Gasteiger partial charge >= 0.3 is 0 Å². The van der Waals surface area contributed by atoms with E-state index in [1.54, 1.807) is 0 Å². The predicted octanol–water partition coefficient (Wildman–Crippen LogP) is 1.52. The number of allylic oxidation sites excluding steroid dienone is 2. The van der Waals surface area contributed by atoms with Crippen LogP contribution in [0.2, 0.25) is 0 Å². The Morgan fingerprint density at radius 1 is 1.64 bits per heavy atom. The average molecular weight is 278 g/mol. The summed E-state index contributed by atoms with van der Waals surface area (Å²) in [5.74, 6) is -0.433. The molecular formula is C7H6Cl4NO2+. The smallest absolute Gasteiger partial charge is 0.295 e. The van der Waals surface area contributed by atoms with E-state index in [1.807, 2.05) is 0 Å². The Hall–Kier alpha value is 0.0400. The summed E-state index contributed by atoms with van der Waals surface area (Å²) in [6.07, 6.45) is 0. The molecule has 7 heteroatoms. The topological polar surface area (TPSA) is 38.7 Å². The van der Waals surface area contributed by atoms with Crippen molar-refractivity contribution in [2.75, 3.05) is 7.11 Å². The first-order valence-corrected chi connectivity index (χ1v) is 5.21. The molecule has 14 heavy (non-hydrogen) atoms. The highest BCUT2D eigenvalue weighted by molar-refractivity contribution is 6.54. The molecule has 78 valence electrons. The van der Waals surface area contributed by atoms with Crippen LogP contribution in [0.5, 0.6) is 0 Å². The number of carbonyl (C=O) groups is 1. The van der Waals surface area contributed by atoms with Gasteiger partial charge in [-0.1, -0.05) is 11.6 Å². The maximum absolute atomic E-state index is 11.4. The van der Waals surface area contributed by atoms with E-state index in [0.717, 1.165) is 0 Å². The van der Waals surface area contributed by atoms with Crippen molar-refractivity contribution < 1.29 is 21.1 Å². The maximum atomic E-state index is 11.4. The predicted molar refractivity (Wildman–Crippen MR) is 53.0 cm³/mol. The molecule has 0 saturated heterocycles. The number of methoxy groups -OCH3 is 1. The zero-order valence-corrected chi connectivity index (χ0v) is 10.0. The molecular weight excluding hydrogens is 272 g/mol. The van der Waals surface area contributed by atoms with Crippen molar-refractivity contribution in [1.29, 1.82) is 0 Å². The highest BCUT2D eigenvalue weighted by Crippen LogP contribution is 2.27. The first-order chi connectivity index (χ1) is 6.49. The minimum atomic E-state index is -0.998. The van der Waals surface area contributed by atoms with Crippen molar-refractivity contribution in [2.45, 2.75) is 10.2 Å². The van der Waals surface area contributed by atoms with E-state index in [2.05, 4.69) is 4.99 Å². The van der Waals surface area contributed by atoms with Crippen molar-refractivity contribution >= 4 is 46.5 Å². The summed E-state index contributed by atoms with van der Waals surface area (Å²) in [4.78, 5) is 14.4. The van der Waals surface area contributed by atoms with E-state index in [-0.39, 0.29) is 16.6 Å². The van der Waals surface area contributed by atoms with Gasteiger partial charge in [-0.05, 0) is 11.6 Å². The Balaban J connectivity index is 3.16. The van der Waals surface area contributed by atoms with Crippen LogP contribution in [-0.2, 0) is 9.53 Å². The molecule has 1 rings (SSSR count). The highest BCUT2D eigenvalue weighted by Gasteiger charge is 2.35. The molecule has 1 heterocycles. The number of halogens is 4.